The summed E-state index contributed by atoms with van der Waals surface area (Å²) in [5.74, 6) is 0.256. The van der Waals surface area contributed by atoms with Crippen LogP contribution in [0.3, 0.4) is 0 Å². The highest BCUT2D eigenvalue weighted by Crippen LogP contribution is 2.25. The van der Waals surface area contributed by atoms with Crippen LogP contribution in [-0.2, 0) is 9.47 Å². The van der Waals surface area contributed by atoms with Crippen LogP contribution >= 0.6 is 0 Å². The first-order valence-corrected chi connectivity index (χ1v) is 8.52. The maximum absolute atomic E-state index is 11.7. The molecule has 1 aromatic heterocycles. The smallest absolute Gasteiger partial charge is 0.407 e. The zero-order valence-corrected chi connectivity index (χ0v) is 15.8. The van der Waals surface area contributed by atoms with E-state index in [1.165, 1.54) is 0 Å². The van der Waals surface area contributed by atoms with Gasteiger partial charge in [-0.25, -0.2) is 9.59 Å². The lowest BCUT2D eigenvalue weighted by Gasteiger charge is -2.21. The molecule has 0 spiro atoms. The number of esters is 1. The van der Waals surface area contributed by atoms with Gasteiger partial charge in [0.15, 0.2) is 0 Å². The summed E-state index contributed by atoms with van der Waals surface area (Å²) in [7, 11) is 0. The number of amides is 1. The second kappa shape index (κ2) is 8.12. The molecule has 0 aliphatic rings. The Bertz CT molecular complexity index is 774. The van der Waals surface area contributed by atoms with E-state index in [1.54, 1.807) is 52.0 Å². The summed E-state index contributed by atoms with van der Waals surface area (Å²) in [4.78, 5) is 23.4. The van der Waals surface area contributed by atoms with Crippen molar-refractivity contribution >= 4 is 23.0 Å². The average molecular weight is 363 g/mol. The number of furan rings is 1. The molecule has 1 atom stereocenters. The summed E-state index contributed by atoms with van der Waals surface area (Å²) in [5, 5.41) is 3.40. The van der Waals surface area contributed by atoms with Crippen LogP contribution in [0.4, 0.5) is 4.79 Å². The molecule has 0 aliphatic heterocycles. The number of ether oxygens (including phenoxy) is 3. The Balaban J connectivity index is 1.95. The summed E-state index contributed by atoms with van der Waals surface area (Å²) in [6, 6.07) is 6.85. The van der Waals surface area contributed by atoms with Crippen LogP contribution in [0.1, 0.15) is 45.2 Å². The molecule has 0 fully saturated rings. The standard InChI is InChI=1S/C19H25NO6/c1-6-23-17(21)16-10-13-9-14(7-8-15(13)25-16)24-12(2)11-20-18(22)26-19(3,4)5/h7-10,12H,6,11H2,1-5H3,(H,20,22)/t12-/m1/s1. The van der Waals surface area contributed by atoms with Gasteiger partial charge in [0, 0.05) is 5.39 Å². The van der Waals surface area contributed by atoms with Crippen LogP contribution in [-0.4, -0.2) is 36.9 Å². The Hall–Kier alpha value is -2.70. The molecule has 7 nitrogen and oxygen atoms in total. The Morgan fingerprint density at radius 3 is 2.62 bits per heavy atom. The quantitative estimate of drug-likeness (QED) is 0.783. The number of nitrogens with one attached hydrogen (secondary N) is 1. The summed E-state index contributed by atoms with van der Waals surface area (Å²) in [6.07, 6.45) is -0.756. The molecule has 0 aliphatic carbocycles. The minimum Gasteiger partial charge on any atom is -0.489 e. The third kappa shape index (κ3) is 5.68. The van der Waals surface area contributed by atoms with Crippen LogP contribution in [0, 0.1) is 0 Å². The van der Waals surface area contributed by atoms with Crippen LogP contribution < -0.4 is 10.1 Å². The summed E-state index contributed by atoms with van der Waals surface area (Å²) >= 11 is 0. The molecule has 1 heterocycles. The van der Waals surface area contributed by atoms with Crippen molar-refractivity contribution in [2.24, 2.45) is 0 Å². The van der Waals surface area contributed by atoms with Gasteiger partial charge in [-0.3, -0.25) is 0 Å². The number of hydrogen-bond donors (Lipinski definition) is 1. The van der Waals surface area contributed by atoms with Crippen molar-refractivity contribution in [1.29, 1.82) is 0 Å². The number of fused-ring (bicyclic) bond motifs is 1. The van der Waals surface area contributed by atoms with Gasteiger partial charge in [-0.2, -0.15) is 0 Å². The summed E-state index contributed by atoms with van der Waals surface area (Å²) in [5.41, 5.74) is 0.0249. The zero-order valence-electron chi connectivity index (χ0n) is 15.8. The van der Waals surface area contributed by atoms with E-state index in [4.69, 9.17) is 18.6 Å². The molecule has 1 aromatic carbocycles. The van der Waals surface area contributed by atoms with Gasteiger partial charge in [-0.05, 0) is 58.9 Å². The van der Waals surface area contributed by atoms with E-state index < -0.39 is 17.7 Å². The topological polar surface area (TPSA) is 87.0 Å². The van der Waals surface area contributed by atoms with Gasteiger partial charge in [0.1, 0.15) is 23.0 Å². The number of rotatable bonds is 6. The largest absolute Gasteiger partial charge is 0.489 e. The molecule has 2 aromatic rings. The van der Waals surface area contributed by atoms with E-state index in [-0.39, 0.29) is 18.5 Å². The maximum atomic E-state index is 11.7. The van der Waals surface area contributed by atoms with Gasteiger partial charge in [0.25, 0.3) is 0 Å². The molecule has 26 heavy (non-hydrogen) atoms. The minimum absolute atomic E-state index is 0.152. The third-order valence-corrected chi connectivity index (χ3v) is 3.23. The molecule has 0 unspecified atom stereocenters. The number of hydrogen-bond acceptors (Lipinski definition) is 6. The molecular formula is C19H25NO6. The maximum Gasteiger partial charge on any atom is 0.407 e. The molecule has 142 valence electrons. The number of benzene rings is 1. The Labute approximate surface area is 152 Å². The second-order valence-electron chi connectivity index (χ2n) is 6.84. The predicted octanol–water partition coefficient (Wildman–Crippen LogP) is 3.90. The highest BCUT2D eigenvalue weighted by Gasteiger charge is 2.17. The first kappa shape index (κ1) is 19.6. The molecule has 0 saturated heterocycles. The molecule has 0 saturated carbocycles. The van der Waals surface area contributed by atoms with E-state index in [2.05, 4.69) is 5.32 Å². The fourth-order valence-electron chi connectivity index (χ4n) is 2.21. The number of alkyl carbamates (subject to hydrolysis) is 1. The van der Waals surface area contributed by atoms with Gasteiger partial charge in [-0.15, -0.1) is 0 Å². The van der Waals surface area contributed by atoms with Crippen LogP contribution in [0.5, 0.6) is 5.75 Å². The third-order valence-electron chi connectivity index (χ3n) is 3.23. The van der Waals surface area contributed by atoms with E-state index in [9.17, 15) is 9.59 Å². The predicted molar refractivity (Wildman–Crippen MR) is 96.5 cm³/mol. The molecule has 1 amide bonds. The molecular weight excluding hydrogens is 338 g/mol. The first-order chi connectivity index (χ1) is 12.2. The zero-order chi connectivity index (χ0) is 19.3. The van der Waals surface area contributed by atoms with E-state index in [0.29, 0.717) is 17.9 Å². The molecule has 2 rings (SSSR count). The Kier molecular flexibility index (Phi) is 6.13. The summed E-state index contributed by atoms with van der Waals surface area (Å²) in [6.45, 7) is 9.56. The Morgan fingerprint density at radius 2 is 1.96 bits per heavy atom. The van der Waals surface area contributed by atoms with Crippen molar-refractivity contribution < 1.29 is 28.2 Å². The van der Waals surface area contributed by atoms with Crippen LogP contribution in [0.25, 0.3) is 11.0 Å². The van der Waals surface area contributed by atoms with Crippen molar-refractivity contribution in [1.82, 2.24) is 5.32 Å². The Morgan fingerprint density at radius 1 is 1.23 bits per heavy atom. The fraction of sp³-hybridized carbons (Fsp3) is 0.474. The SMILES string of the molecule is CCOC(=O)c1cc2cc(O[C@H](C)CNC(=O)OC(C)(C)C)ccc2o1. The summed E-state index contributed by atoms with van der Waals surface area (Å²) < 4.78 is 21.4. The minimum atomic E-state index is -0.545. The van der Waals surface area contributed by atoms with E-state index in [1.807, 2.05) is 6.92 Å². The van der Waals surface area contributed by atoms with Crippen molar-refractivity contribution in [3.63, 3.8) is 0 Å². The van der Waals surface area contributed by atoms with Crippen LogP contribution in [0.2, 0.25) is 0 Å². The number of carbonyl (C=O) groups is 2. The first-order valence-electron chi connectivity index (χ1n) is 8.52. The number of carbonyl (C=O) groups excluding carboxylic acids is 2. The highest BCUT2D eigenvalue weighted by atomic mass is 16.6. The lowest BCUT2D eigenvalue weighted by molar-refractivity contribution is 0.0487. The van der Waals surface area contributed by atoms with Crippen molar-refractivity contribution in [3.8, 4) is 5.75 Å². The second-order valence-corrected chi connectivity index (χ2v) is 6.84. The van der Waals surface area contributed by atoms with Crippen LogP contribution in [0.15, 0.2) is 28.7 Å². The molecule has 0 radical (unpaired) electrons. The van der Waals surface area contributed by atoms with Gasteiger partial charge in [0.2, 0.25) is 5.76 Å². The van der Waals surface area contributed by atoms with E-state index >= 15 is 0 Å². The monoisotopic (exact) mass is 363 g/mol. The van der Waals surface area contributed by atoms with E-state index in [0.717, 1.165) is 5.39 Å². The fourth-order valence-corrected chi connectivity index (χ4v) is 2.21. The van der Waals surface area contributed by atoms with Crippen molar-refractivity contribution in [3.05, 3.63) is 30.0 Å². The van der Waals surface area contributed by atoms with Gasteiger partial charge >= 0.3 is 12.1 Å². The highest BCUT2D eigenvalue weighted by molar-refractivity contribution is 5.92. The van der Waals surface area contributed by atoms with Gasteiger partial charge in [-0.1, -0.05) is 0 Å². The van der Waals surface area contributed by atoms with Crippen molar-refractivity contribution in [2.75, 3.05) is 13.2 Å². The van der Waals surface area contributed by atoms with Gasteiger partial charge < -0.3 is 23.9 Å². The molecule has 1 N–H and O–H groups in total. The molecule has 7 heteroatoms. The average Bonchev–Trinajstić information content (AvgIpc) is 2.95. The normalized spacial score (nSPS) is 12.5. The van der Waals surface area contributed by atoms with Gasteiger partial charge in [0.05, 0.1) is 13.2 Å². The molecule has 0 bridgehead atoms. The van der Waals surface area contributed by atoms with Crippen molar-refractivity contribution in [2.45, 2.75) is 46.3 Å². The lowest BCUT2D eigenvalue weighted by atomic mass is 10.2. The lowest BCUT2D eigenvalue weighted by Crippen LogP contribution is -2.37.